The molecule has 74 valence electrons. The number of anilines is 1. The first-order valence-electron chi connectivity index (χ1n) is 4.21. The number of hydrogen-bond acceptors (Lipinski definition) is 4. The summed E-state index contributed by atoms with van der Waals surface area (Å²) < 4.78 is 0. The monoisotopic (exact) mass is 212 g/mol. The molecule has 5 nitrogen and oxygen atoms in total. The number of hydrogen-bond donors (Lipinski definition) is 1. The molecule has 1 unspecified atom stereocenters. The van der Waals surface area contributed by atoms with Crippen LogP contribution in [0.3, 0.4) is 0 Å². The summed E-state index contributed by atoms with van der Waals surface area (Å²) in [6.07, 6.45) is 1.88. The second-order valence-corrected chi connectivity index (χ2v) is 3.49. The van der Waals surface area contributed by atoms with Crippen LogP contribution in [0.15, 0.2) is 12.3 Å². The minimum atomic E-state index is -0.115. The molecule has 0 aliphatic carbocycles. The van der Waals surface area contributed by atoms with Gasteiger partial charge in [0, 0.05) is 25.2 Å². The van der Waals surface area contributed by atoms with Crippen LogP contribution in [0.1, 0.15) is 6.42 Å². The Morgan fingerprint density at radius 3 is 3.00 bits per heavy atom. The first-order chi connectivity index (χ1) is 6.66. The van der Waals surface area contributed by atoms with Gasteiger partial charge in [0.2, 0.25) is 11.2 Å². The quantitative estimate of drug-likeness (QED) is 0.675. The molecule has 1 aromatic heterocycles. The fourth-order valence-corrected chi connectivity index (χ4v) is 1.58. The Hall–Kier alpha value is -1.20. The van der Waals surface area contributed by atoms with E-state index in [-0.39, 0.29) is 17.2 Å². The maximum absolute atomic E-state index is 11.4. The summed E-state index contributed by atoms with van der Waals surface area (Å²) in [5, 5.41) is 0.135. The van der Waals surface area contributed by atoms with E-state index < -0.39 is 0 Å². The van der Waals surface area contributed by atoms with Gasteiger partial charge in [-0.15, -0.1) is 0 Å². The molecule has 2 N–H and O–H groups in total. The van der Waals surface area contributed by atoms with Gasteiger partial charge in [-0.1, -0.05) is 0 Å². The zero-order chi connectivity index (χ0) is 10.1. The van der Waals surface area contributed by atoms with E-state index in [0.717, 1.165) is 0 Å². The summed E-state index contributed by atoms with van der Waals surface area (Å²) in [5.74, 6) is 0.496. The van der Waals surface area contributed by atoms with Gasteiger partial charge in [-0.05, 0) is 17.7 Å². The molecule has 0 radical (unpaired) electrons. The summed E-state index contributed by atoms with van der Waals surface area (Å²) in [7, 11) is 0. The number of nitrogens with two attached hydrogens (primary N) is 1. The number of aromatic nitrogens is 2. The zero-order valence-electron chi connectivity index (χ0n) is 7.35. The molecule has 2 rings (SSSR count). The fraction of sp³-hybridized carbons (Fsp3) is 0.375. The number of carbonyl (C=O) groups is 1. The van der Waals surface area contributed by atoms with Crippen LogP contribution in [0.4, 0.5) is 5.82 Å². The molecular formula is C8H9ClN4O. The van der Waals surface area contributed by atoms with Crippen LogP contribution in [-0.2, 0) is 4.79 Å². The average Bonchev–Trinajstić information content (AvgIpc) is 2.45. The number of amides is 1. The van der Waals surface area contributed by atoms with Crippen LogP contribution >= 0.6 is 11.6 Å². The van der Waals surface area contributed by atoms with Crippen molar-refractivity contribution in [2.24, 2.45) is 5.73 Å². The van der Waals surface area contributed by atoms with Gasteiger partial charge >= 0.3 is 0 Å². The van der Waals surface area contributed by atoms with Crippen LogP contribution in [0.25, 0.3) is 0 Å². The SMILES string of the molecule is NC1CC(=O)N(c2ccnc(Cl)n2)C1. The Bertz CT molecular complexity index is 370. The van der Waals surface area contributed by atoms with Crippen LogP contribution in [0.5, 0.6) is 0 Å². The molecule has 0 saturated carbocycles. The summed E-state index contributed by atoms with van der Waals surface area (Å²) in [5.41, 5.74) is 5.65. The fourth-order valence-electron chi connectivity index (χ4n) is 1.43. The number of rotatable bonds is 1. The van der Waals surface area contributed by atoms with Gasteiger partial charge in [-0.2, -0.15) is 0 Å². The molecule has 0 spiro atoms. The third-order valence-corrected chi connectivity index (χ3v) is 2.23. The van der Waals surface area contributed by atoms with Crippen molar-refractivity contribution < 1.29 is 4.79 Å². The van der Waals surface area contributed by atoms with E-state index in [4.69, 9.17) is 17.3 Å². The summed E-state index contributed by atoms with van der Waals surface area (Å²) in [6.45, 7) is 0.492. The summed E-state index contributed by atoms with van der Waals surface area (Å²) >= 11 is 5.62. The second-order valence-electron chi connectivity index (χ2n) is 3.15. The third-order valence-electron chi connectivity index (χ3n) is 2.04. The van der Waals surface area contributed by atoms with Crippen LogP contribution in [-0.4, -0.2) is 28.5 Å². The van der Waals surface area contributed by atoms with E-state index in [1.165, 1.54) is 11.1 Å². The molecule has 2 heterocycles. The largest absolute Gasteiger partial charge is 0.326 e. The first-order valence-corrected chi connectivity index (χ1v) is 4.59. The maximum atomic E-state index is 11.4. The highest BCUT2D eigenvalue weighted by molar-refractivity contribution is 6.28. The Balaban J connectivity index is 2.27. The van der Waals surface area contributed by atoms with Crippen molar-refractivity contribution in [1.29, 1.82) is 0 Å². The van der Waals surface area contributed by atoms with Gasteiger partial charge in [-0.25, -0.2) is 9.97 Å². The Morgan fingerprint density at radius 1 is 1.64 bits per heavy atom. The topological polar surface area (TPSA) is 72.1 Å². The maximum Gasteiger partial charge on any atom is 0.229 e. The first kappa shape index (κ1) is 9.36. The molecular weight excluding hydrogens is 204 g/mol. The lowest BCUT2D eigenvalue weighted by Crippen LogP contribution is -2.28. The van der Waals surface area contributed by atoms with E-state index in [1.54, 1.807) is 6.07 Å². The molecule has 14 heavy (non-hydrogen) atoms. The molecule has 0 aromatic carbocycles. The van der Waals surface area contributed by atoms with E-state index in [9.17, 15) is 4.79 Å². The van der Waals surface area contributed by atoms with E-state index >= 15 is 0 Å². The molecule has 1 saturated heterocycles. The van der Waals surface area contributed by atoms with Crippen molar-refractivity contribution >= 4 is 23.3 Å². The van der Waals surface area contributed by atoms with Crippen molar-refractivity contribution in [1.82, 2.24) is 9.97 Å². The van der Waals surface area contributed by atoms with Crippen LogP contribution in [0, 0.1) is 0 Å². The van der Waals surface area contributed by atoms with Gasteiger partial charge in [0.25, 0.3) is 0 Å². The predicted octanol–water partition coefficient (Wildman–Crippen LogP) is 0.194. The molecule has 1 aromatic rings. The third kappa shape index (κ3) is 1.69. The highest BCUT2D eigenvalue weighted by Crippen LogP contribution is 2.18. The highest BCUT2D eigenvalue weighted by atomic mass is 35.5. The minimum absolute atomic E-state index is 0.0210. The van der Waals surface area contributed by atoms with Gasteiger partial charge in [0.15, 0.2) is 0 Å². The Kier molecular flexibility index (Phi) is 2.35. The Labute approximate surface area is 85.9 Å². The number of halogens is 1. The molecule has 6 heteroatoms. The smallest absolute Gasteiger partial charge is 0.229 e. The van der Waals surface area contributed by atoms with Crippen molar-refractivity contribution in [2.45, 2.75) is 12.5 Å². The van der Waals surface area contributed by atoms with Gasteiger partial charge in [-0.3, -0.25) is 9.69 Å². The molecule has 1 aliphatic rings. The highest BCUT2D eigenvalue weighted by Gasteiger charge is 2.28. The average molecular weight is 213 g/mol. The Morgan fingerprint density at radius 2 is 2.43 bits per heavy atom. The predicted molar refractivity (Wildman–Crippen MR) is 52.0 cm³/mol. The van der Waals surface area contributed by atoms with Crippen molar-refractivity contribution in [2.75, 3.05) is 11.4 Å². The molecule has 0 bridgehead atoms. The van der Waals surface area contributed by atoms with Crippen LogP contribution < -0.4 is 10.6 Å². The molecule has 1 amide bonds. The van der Waals surface area contributed by atoms with Gasteiger partial charge in [0.1, 0.15) is 5.82 Å². The number of nitrogens with zero attached hydrogens (tertiary/aromatic N) is 3. The van der Waals surface area contributed by atoms with E-state index in [2.05, 4.69) is 9.97 Å². The second kappa shape index (κ2) is 3.51. The molecule has 1 aliphatic heterocycles. The standard InChI is InChI=1S/C8H9ClN4O/c9-8-11-2-1-6(12-8)13-4-5(10)3-7(13)14/h1-2,5H,3-4,10H2. The number of carbonyl (C=O) groups excluding carboxylic acids is 1. The lowest BCUT2D eigenvalue weighted by Gasteiger charge is -2.13. The van der Waals surface area contributed by atoms with Crippen molar-refractivity contribution in [3.05, 3.63) is 17.5 Å². The minimum Gasteiger partial charge on any atom is -0.326 e. The molecule has 1 atom stereocenters. The van der Waals surface area contributed by atoms with Crippen LogP contribution in [0.2, 0.25) is 5.28 Å². The van der Waals surface area contributed by atoms with E-state index in [1.807, 2.05) is 0 Å². The van der Waals surface area contributed by atoms with Gasteiger partial charge in [0.05, 0.1) is 0 Å². The molecule has 1 fully saturated rings. The lowest BCUT2D eigenvalue weighted by atomic mass is 10.3. The van der Waals surface area contributed by atoms with Crippen molar-refractivity contribution in [3.63, 3.8) is 0 Å². The summed E-state index contributed by atoms with van der Waals surface area (Å²) in [6, 6.07) is 1.53. The zero-order valence-corrected chi connectivity index (χ0v) is 8.11. The summed E-state index contributed by atoms with van der Waals surface area (Å²) in [4.78, 5) is 20.6. The van der Waals surface area contributed by atoms with Crippen molar-refractivity contribution in [3.8, 4) is 0 Å². The lowest BCUT2D eigenvalue weighted by molar-refractivity contribution is -0.117. The van der Waals surface area contributed by atoms with E-state index in [0.29, 0.717) is 18.8 Å². The normalized spacial score (nSPS) is 21.7. The van der Waals surface area contributed by atoms with Gasteiger partial charge < -0.3 is 5.73 Å².